The van der Waals surface area contributed by atoms with E-state index in [9.17, 15) is 4.79 Å². The summed E-state index contributed by atoms with van der Waals surface area (Å²) in [6.07, 6.45) is 6.29. The summed E-state index contributed by atoms with van der Waals surface area (Å²) in [5, 5.41) is 3.01. The van der Waals surface area contributed by atoms with Crippen molar-refractivity contribution in [3.63, 3.8) is 0 Å². The van der Waals surface area contributed by atoms with Gasteiger partial charge in [-0.15, -0.1) is 0 Å². The summed E-state index contributed by atoms with van der Waals surface area (Å²) in [5.41, 5.74) is 0.826. The van der Waals surface area contributed by atoms with E-state index in [0.29, 0.717) is 6.61 Å². The average Bonchev–Trinajstić information content (AvgIpc) is 2.48. The third kappa shape index (κ3) is 5.02. The van der Waals surface area contributed by atoms with Crippen molar-refractivity contribution >= 4 is 11.6 Å². The molecule has 122 valence electrons. The lowest BCUT2D eigenvalue weighted by molar-refractivity contribution is -0.120. The summed E-state index contributed by atoms with van der Waals surface area (Å²) in [6.45, 7) is 6.67. The van der Waals surface area contributed by atoms with E-state index in [1.165, 1.54) is 32.1 Å². The Bertz CT molecular complexity index is 451. The maximum atomic E-state index is 12.4. The number of benzene rings is 1. The highest BCUT2D eigenvalue weighted by molar-refractivity contribution is 5.94. The third-order valence-electron chi connectivity index (χ3n) is 4.25. The highest BCUT2D eigenvalue weighted by Gasteiger charge is 2.21. The van der Waals surface area contributed by atoms with Gasteiger partial charge in [-0.3, -0.25) is 9.69 Å². The molecule has 0 aromatic heterocycles. The molecule has 0 bridgehead atoms. The first-order chi connectivity index (χ1) is 10.7. The molecule has 1 N–H and O–H groups in total. The SMILES string of the molecule is CCOc1ccc(NC(=O)[C@@H](C)N2CCCCCCC2)cc1. The lowest BCUT2D eigenvalue weighted by Crippen LogP contribution is -2.43. The van der Waals surface area contributed by atoms with Gasteiger partial charge in [0, 0.05) is 5.69 Å². The average molecular weight is 304 g/mol. The maximum absolute atomic E-state index is 12.4. The van der Waals surface area contributed by atoms with E-state index in [1.807, 2.05) is 38.1 Å². The highest BCUT2D eigenvalue weighted by Crippen LogP contribution is 2.17. The third-order valence-corrected chi connectivity index (χ3v) is 4.25. The molecule has 4 heteroatoms. The topological polar surface area (TPSA) is 41.6 Å². The van der Waals surface area contributed by atoms with Crippen molar-refractivity contribution in [3.05, 3.63) is 24.3 Å². The monoisotopic (exact) mass is 304 g/mol. The summed E-state index contributed by atoms with van der Waals surface area (Å²) < 4.78 is 5.41. The van der Waals surface area contributed by atoms with E-state index >= 15 is 0 Å². The summed E-state index contributed by atoms with van der Waals surface area (Å²) in [5.74, 6) is 0.905. The normalized spacial score (nSPS) is 18.1. The van der Waals surface area contributed by atoms with Gasteiger partial charge < -0.3 is 10.1 Å². The summed E-state index contributed by atoms with van der Waals surface area (Å²) in [4.78, 5) is 14.7. The first-order valence-electron chi connectivity index (χ1n) is 8.48. The highest BCUT2D eigenvalue weighted by atomic mass is 16.5. The number of hydrogen-bond donors (Lipinski definition) is 1. The lowest BCUT2D eigenvalue weighted by Gasteiger charge is -2.29. The van der Waals surface area contributed by atoms with Crippen molar-refractivity contribution in [3.8, 4) is 5.75 Å². The van der Waals surface area contributed by atoms with Crippen molar-refractivity contribution in [2.45, 2.75) is 52.0 Å². The Kier molecular flexibility index (Phi) is 6.72. The molecule has 4 nitrogen and oxygen atoms in total. The van der Waals surface area contributed by atoms with Crippen LogP contribution in [0.5, 0.6) is 5.75 Å². The van der Waals surface area contributed by atoms with Crippen molar-refractivity contribution < 1.29 is 9.53 Å². The Balaban J connectivity index is 1.89. The first kappa shape index (κ1) is 16.8. The van der Waals surface area contributed by atoms with Crippen LogP contribution in [0.4, 0.5) is 5.69 Å². The van der Waals surface area contributed by atoms with Crippen LogP contribution in [-0.2, 0) is 4.79 Å². The molecule has 1 atom stereocenters. The Morgan fingerprint density at radius 2 is 1.73 bits per heavy atom. The number of carbonyl (C=O) groups is 1. The molecule has 1 aliphatic rings. The van der Waals surface area contributed by atoms with Crippen molar-refractivity contribution in [2.24, 2.45) is 0 Å². The fourth-order valence-corrected chi connectivity index (χ4v) is 2.87. The van der Waals surface area contributed by atoms with Gasteiger partial charge in [0.05, 0.1) is 12.6 Å². The fraction of sp³-hybridized carbons (Fsp3) is 0.611. The predicted molar refractivity (Wildman–Crippen MR) is 90.4 cm³/mol. The minimum atomic E-state index is -0.0790. The van der Waals surface area contributed by atoms with Crippen LogP contribution in [0.25, 0.3) is 0 Å². The second kappa shape index (κ2) is 8.79. The molecule has 1 saturated heterocycles. The molecule has 0 saturated carbocycles. The Morgan fingerprint density at radius 3 is 2.32 bits per heavy atom. The molecule has 22 heavy (non-hydrogen) atoms. The maximum Gasteiger partial charge on any atom is 0.241 e. The molecule has 0 unspecified atom stereocenters. The van der Waals surface area contributed by atoms with Crippen molar-refractivity contribution in [1.82, 2.24) is 4.90 Å². The quantitative estimate of drug-likeness (QED) is 0.902. The number of nitrogens with zero attached hydrogens (tertiary/aromatic N) is 1. The van der Waals surface area contributed by atoms with Gasteiger partial charge >= 0.3 is 0 Å². The number of rotatable bonds is 5. The molecular weight excluding hydrogens is 276 g/mol. The van der Waals surface area contributed by atoms with E-state index in [-0.39, 0.29) is 11.9 Å². The number of amides is 1. The largest absolute Gasteiger partial charge is 0.494 e. The van der Waals surface area contributed by atoms with Crippen LogP contribution in [0.2, 0.25) is 0 Å². The molecule has 0 aliphatic carbocycles. The molecule has 2 rings (SSSR count). The molecule has 1 aromatic carbocycles. The first-order valence-corrected chi connectivity index (χ1v) is 8.48. The molecule has 0 radical (unpaired) electrons. The minimum absolute atomic E-state index is 0.0738. The van der Waals surface area contributed by atoms with Crippen molar-refractivity contribution in [2.75, 3.05) is 25.0 Å². The molecule has 1 fully saturated rings. The van der Waals surface area contributed by atoms with Gasteiger partial charge in [0.15, 0.2) is 0 Å². The van der Waals surface area contributed by atoms with Gasteiger partial charge in [-0.1, -0.05) is 19.3 Å². The molecule has 1 aromatic rings. The van der Waals surface area contributed by atoms with E-state index in [4.69, 9.17) is 4.74 Å². The number of carbonyl (C=O) groups excluding carboxylic acids is 1. The molecule has 1 heterocycles. The minimum Gasteiger partial charge on any atom is -0.494 e. The summed E-state index contributed by atoms with van der Waals surface area (Å²) in [7, 11) is 0. The van der Waals surface area contributed by atoms with Gasteiger partial charge in [-0.05, 0) is 64.0 Å². The van der Waals surface area contributed by atoms with E-state index < -0.39 is 0 Å². The van der Waals surface area contributed by atoms with Gasteiger partial charge in [0.1, 0.15) is 5.75 Å². The van der Waals surface area contributed by atoms with Crippen LogP contribution >= 0.6 is 0 Å². The number of likely N-dealkylation sites (tertiary alicyclic amines) is 1. The lowest BCUT2D eigenvalue weighted by atomic mass is 10.1. The number of anilines is 1. The Labute approximate surface area is 133 Å². The molecule has 1 aliphatic heterocycles. The Morgan fingerprint density at radius 1 is 1.14 bits per heavy atom. The standard InChI is InChI=1S/C18H28N2O2/c1-3-22-17-11-9-16(10-12-17)19-18(21)15(2)20-13-7-5-4-6-8-14-20/h9-12,15H,3-8,13-14H2,1-2H3,(H,19,21)/t15-/m1/s1. The van der Waals surface area contributed by atoms with Crippen LogP contribution in [0.15, 0.2) is 24.3 Å². The van der Waals surface area contributed by atoms with E-state index in [2.05, 4.69) is 10.2 Å². The van der Waals surface area contributed by atoms with E-state index in [1.54, 1.807) is 0 Å². The van der Waals surface area contributed by atoms with Crippen LogP contribution in [0.3, 0.4) is 0 Å². The molecular formula is C18H28N2O2. The number of ether oxygens (including phenoxy) is 1. The zero-order chi connectivity index (χ0) is 15.8. The van der Waals surface area contributed by atoms with Crippen LogP contribution in [0.1, 0.15) is 46.0 Å². The van der Waals surface area contributed by atoms with Gasteiger partial charge in [0.2, 0.25) is 5.91 Å². The van der Waals surface area contributed by atoms with Crippen LogP contribution in [-0.4, -0.2) is 36.5 Å². The summed E-state index contributed by atoms with van der Waals surface area (Å²) >= 11 is 0. The van der Waals surface area contributed by atoms with Gasteiger partial charge in [0.25, 0.3) is 0 Å². The Hall–Kier alpha value is -1.55. The predicted octanol–water partition coefficient (Wildman–Crippen LogP) is 3.68. The fourth-order valence-electron chi connectivity index (χ4n) is 2.87. The van der Waals surface area contributed by atoms with Crippen molar-refractivity contribution in [1.29, 1.82) is 0 Å². The van der Waals surface area contributed by atoms with Crippen LogP contribution < -0.4 is 10.1 Å². The number of hydrogen-bond acceptors (Lipinski definition) is 3. The zero-order valence-corrected chi connectivity index (χ0v) is 13.8. The zero-order valence-electron chi connectivity index (χ0n) is 13.8. The molecule has 1 amide bonds. The van der Waals surface area contributed by atoms with Gasteiger partial charge in [-0.2, -0.15) is 0 Å². The smallest absolute Gasteiger partial charge is 0.241 e. The van der Waals surface area contributed by atoms with Crippen LogP contribution in [0, 0.1) is 0 Å². The molecule has 0 spiro atoms. The van der Waals surface area contributed by atoms with Gasteiger partial charge in [-0.25, -0.2) is 0 Å². The number of nitrogens with one attached hydrogen (secondary N) is 1. The second-order valence-electron chi connectivity index (χ2n) is 5.93. The summed E-state index contributed by atoms with van der Waals surface area (Å²) in [6, 6.07) is 7.48. The van der Waals surface area contributed by atoms with E-state index in [0.717, 1.165) is 24.5 Å². The second-order valence-corrected chi connectivity index (χ2v) is 5.93.